The standard InChI is InChI=1S/C12H20N6/c1-8-9(2)17-12(18-11(13)16-8)15-7-5-10-4-3-6-14-10/h3-4,6,8-9,14H,5,7H2,1-2H3,(H4,13,15,16,17,18). The summed E-state index contributed by atoms with van der Waals surface area (Å²) in [5, 5.41) is 6.25. The molecule has 2 heterocycles. The van der Waals surface area contributed by atoms with Crippen LogP contribution in [0.3, 0.4) is 0 Å². The molecule has 0 radical (unpaired) electrons. The van der Waals surface area contributed by atoms with Gasteiger partial charge in [0.05, 0.1) is 6.04 Å². The van der Waals surface area contributed by atoms with Gasteiger partial charge in [-0.15, -0.1) is 0 Å². The SMILES string of the molecule is CC1N=C(N)NC(=NCCc2ccc[nH]2)NC1C. The van der Waals surface area contributed by atoms with E-state index in [2.05, 4.69) is 38.6 Å². The van der Waals surface area contributed by atoms with Crippen LogP contribution in [0, 0.1) is 0 Å². The summed E-state index contributed by atoms with van der Waals surface area (Å²) in [4.78, 5) is 11.9. The molecule has 1 aromatic heterocycles. The summed E-state index contributed by atoms with van der Waals surface area (Å²) in [7, 11) is 0. The molecule has 1 aliphatic heterocycles. The van der Waals surface area contributed by atoms with Crippen LogP contribution in [0.1, 0.15) is 19.5 Å². The fourth-order valence-corrected chi connectivity index (χ4v) is 1.75. The molecule has 1 aliphatic rings. The molecule has 0 saturated carbocycles. The van der Waals surface area contributed by atoms with E-state index in [9.17, 15) is 0 Å². The van der Waals surface area contributed by atoms with Gasteiger partial charge in [0, 0.05) is 30.9 Å². The predicted octanol–water partition coefficient (Wildman–Crippen LogP) is 0.198. The Morgan fingerprint density at radius 3 is 3.00 bits per heavy atom. The van der Waals surface area contributed by atoms with Gasteiger partial charge < -0.3 is 16.0 Å². The third kappa shape index (κ3) is 3.26. The zero-order valence-corrected chi connectivity index (χ0v) is 10.8. The van der Waals surface area contributed by atoms with Gasteiger partial charge in [-0.25, -0.2) is 4.99 Å². The minimum atomic E-state index is 0.133. The first kappa shape index (κ1) is 12.5. The zero-order chi connectivity index (χ0) is 13.0. The largest absolute Gasteiger partial charge is 0.370 e. The molecule has 2 rings (SSSR count). The Labute approximate surface area is 107 Å². The van der Waals surface area contributed by atoms with Crippen LogP contribution in [0.2, 0.25) is 0 Å². The third-order valence-electron chi connectivity index (χ3n) is 2.99. The molecule has 0 saturated heterocycles. The van der Waals surface area contributed by atoms with E-state index in [0.29, 0.717) is 18.5 Å². The molecule has 98 valence electrons. The van der Waals surface area contributed by atoms with E-state index in [1.807, 2.05) is 19.2 Å². The van der Waals surface area contributed by atoms with Crippen LogP contribution < -0.4 is 16.4 Å². The van der Waals surface area contributed by atoms with Gasteiger partial charge in [0.1, 0.15) is 0 Å². The second kappa shape index (κ2) is 5.57. The van der Waals surface area contributed by atoms with Gasteiger partial charge in [-0.1, -0.05) is 0 Å². The fourth-order valence-electron chi connectivity index (χ4n) is 1.75. The van der Waals surface area contributed by atoms with E-state index in [4.69, 9.17) is 5.73 Å². The molecular formula is C12H20N6. The average molecular weight is 248 g/mol. The van der Waals surface area contributed by atoms with Crippen LogP contribution in [0.5, 0.6) is 0 Å². The highest BCUT2D eigenvalue weighted by atomic mass is 15.3. The lowest BCUT2D eigenvalue weighted by molar-refractivity contribution is 0.559. The number of aromatic nitrogens is 1. The third-order valence-corrected chi connectivity index (χ3v) is 2.99. The number of H-pyrrole nitrogens is 1. The Morgan fingerprint density at radius 1 is 1.44 bits per heavy atom. The van der Waals surface area contributed by atoms with Crippen LogP contribution in [-0.2, 0) is 6.42 Å². The maximum Gasteiger partial charge on any atom is 0.198 e. The first-order chi connectivity index (χ1) is 8.65. The van der Waals surface area contributed by atoms with Crippen LogP contribution in [0.4, 0.5) is 0 Å². The summed E-state index contributed by atoms with van der Waals surface area (Å²) in [6.45, 7) is 4.78. The van der Waals surface area contributed by atoms with Crippen molar-refractivity contribution in [2.75, 3.05) is 6.54 Å². The molecule has 0 aromatic carbocycles. The summed E-state index contributed by atoms with van der Waals surface area (Å²) >= 11 is 0. The molecule has 0 amide bonds. The lowest BCUT2D eigenvalue weighted by Gasteiger charge is -2.15. The summed E-state index contributed by atoms with van der Waals surface area (Å²) in [6.07, 6.45) is 2.79. The van der Waals surface area contributed by atoms with E-state index in [-0.39, 0.29) is 12.1 Å². The highest BCUT2D eigenvalue weighted by molar-refractivity contribution is 5.98. The smallest absolute Gasteiger partial charge is 0.198 e. The average Bonchev–Trinajstić information content (AvgIpc) is 2.77. The number of guanidine groups is 2. The van der Waals surface area contributed by atoms with Crippen molar-refractivity contribution in [3.8, 4) is 0 Å². The summed E-state index contributed by atoms with van der Waals surface area (Å²) in [5.41, 5.74) is 6.93. The summed E-state index contributed by atoms with van der Waals surface area (Å²) in [6, 6.07) is 4.38. The Morgan fingerprint density at radius 2 is 2.28 bits per heavy atom. The maximum atomic E-state index is 5.76. The van der Waals surface area contributed by atoms with Gasteiger partial charge in [0.2, 0.25) is 0 Å². The monoisotopic (exact) mass is 248 g/mol. The molecule has 0 fully saturated rings. The maximum absolute atomic E-state index is 5.76. The van der Waals surface area contributed by atoms with Crippen LogP contribution in [0.15, 0.2) is 28.3 Å². The van der Waals surface area contributed by atoms with E-state index in [1.165, 1.54) is 5.69 Å². The lowest BCUT2D eigenvalue weighted by Crippen LogP contribution is -2.46. The number of nitrogens with zero attached hydrogens (tertiary/aromatic N) is 2. The first-order valence-corrected chi connectivity index (χ1v) is 6.18. The predicted molar refractivity (Wildman–Crippen MR) is 73.6 cm³/mol. The number of nitrogens with two attached hydrogens (primary N) is 1. The van der Waals surface area contributed by atoms with Gasteiger partial charge in [0.15, 0.2) is 11.9 Å². The molecule has 0 aliphatic carbocycles. The van der Waals surface area contributed by atoms with E-state index >= 15 is 0 Å². The van der Waals surface area contributed by atoms with Gasteiger partial charge in [-0.3, -0.25) is 10.3 Å². The van der Waals surface area contributed by atoms with Crippen molar-refractivity contribution >= 4 is 11.9 Å². The number of aromatic amines is 1. The summed E-state index contributed by atoms with van der Waals surface area (Å²) in [5.74, 6) is 1.11. The number of hydrogen-bond donors (Lipinski definition) is 4. The summed E-state index contributed by atoms with van der Waals surface area (Å²) < 4.78 is 0. The van der Waals surface area contributed by atoms with E-state index < -0.39 is 0 Å². The molecule has 5 N–H and O–H groups in total. The Balaban J connectivity index is 1.93. The minimum absolute atomic E-state index is 0.133. The van der Waals surface area contributed by atoms with Crippen molar-refractivity contribution in [1.29, 1.82) is 0 Å². The molecule has 18 heavy (non-hydrogen) atoms. The topological polar surface area (TPSA) is 90.6 Å². The molecule has 2 unspecified atom stereocenters. The molecule has 6 heteroatoms. The number of nitrogens with one attached hydrogen (secondary N) is 3. The highest BCUT2D eigenvalue weighted by Crippen LogP contribution is 2.00. The molecule has 0 spiro atoms. The Kier molecular flexibility index (Phi) is 3.86. The minimum Gasteiger partial charge on any atom is -0.370 e. The van der Waals surface area contributed by atoms with Gasteiger partial charge in [0.25, 0.3) is 0 Å². The van der Waals surface area contributed by atoms with Crippen molar-refractivity contribution < 1.29 is 0 Å². The van der Waals surface area contributed by atoms with Gasteiger partial charge in [-0.2, -0.15) is 0 Å². The van der Waals surface area contributed by atoms with Crippen molar-refractivity contribution in [2.45, 2.75) is 32.4 Å². The van der Waals surface area contributed by atoms with E-state index in [1.54, 1.807) is 0 Å². The molecule has 0 bridgehead atoms. The van der Waals surface area contributed by atoms with Crippen molar-refractivity contribution in [2.24, 2.45) is 15.7 Å². The first-order valence-electron chi connectivity index (χ1n) is 6.18. The van der Waals surface area contributed by atoms with Gasteiger partial charge in [-0.05, 0) is 26.0 Å². The van der Waals surface area contributed by atoms with Crippen LogP contribution in [-0.4, -0.2) is 35.5 Å². The fraction of sp³-hybridized carbons (Fsp3) is 0.500. The molecule has 6 nitrogen and oxygen atoms in total. The van der Waals surface area contributed by atoms with Crippen molar-refractivity contribution in [1.82, 2.24) is 15.6 Å². The molecular weight excluding hydrogens is 228 g/mol. The Hall–Kier alpha value is -1.98. The molecule has 1 aromatic rings. The highest BCUT2D eigenvalue weighted by Gasteiger charge is 2.17. The normalized spacial score (nSPS) is 26.1. The van der Waals surface area contributed by atoms with Crippen molar-refractivity contribution in [3.63, 3.8) is 0 Å². The second-order valence-electron chi connectivity index (χ2n) is 4.49. The van der Waals surface area contributed by atoms with Crippen LogP contribution >= 0.6 is 0 Å². The Bertz CT molecular complexity index is 433. The quantitative estimate of drug-likeness (QED) is 0.616. The lowest BCUT2D eigenvalue weighted by atomic mass is 10.2. The second-order valence-corrected chi connectivity index (χ2v) is 4.49. The van der Waals surface area contributed by atoms with Crippen LogP contribution in [0.25, 0.3) is 0 Å². The number of hydrogen-bond acceptors (Lipinski definition) is 3. The van der Waals surface area contributed by atoms with Gasteiger partial charge >= 0.3 is 0 Å². The van der Waals surface area contributed by atoms with Crippen molar-refractivity contribution in [3.05, 3.63) is 24.0 Å². The van der Waals surface area contributed by atoms with E-state index in [0.717, 1.165) is 6.42 Å². The number of aliphatic imine (C=N–C) groups is 2. The number of rotatable bonds is 3. The zero-order valence-electron chi connectivity index (χ0n) is 10.8. The molecule has 2 atom stereocenters.